The Balaban J connectivity index is 1.39. The number of hydrogen-bond donors (Lipinski definition) is 0. The third-order valence-corrected chi connectivity index (χ3v) is 7.26. The molecular weight excluding hydrogens is 425 g/mol. The maximum absolute atomic E-state index is 12.7. The Bertz CT molecular complexity index is 852. The van der Waals surface area contributed by atoms with Crippen molar-refractivity contribution in [2.45, 2.75) is 50.8 Å². The summed E-state index contributed by atoms with van der Waals surface area (Å²) < 4.78 is 44.1. The molecule has 1 aliphatic carbocycles. The Labute approximate surface area is 195 Å². The van der Waals surface area contributed by atoms with Crippen molar-refractivity contribution >= 4 is 0 Å². The lowest BCUT2D eigenvalue weighted by Crippen LogP contribution is -2.46. The lowest BCUT2D eigenvalue weighted by molar-refractivity contribution is -0.137. The molecule has 0 bridgehead atoms. The molecule has 0 spiro atoms. The topological polar surface area (TPSA) is 15.7 Å². The van der Waals surface area contributed by atoms with Crippen LogP contribution in [0.4, 0.5) is 13.2 Å². The van der Waals surface area contributed by atoms with Crippen molar-refractivity contribution in [3.63, 3.8) is 0 Å². The molecule has 1 saturated carbocycles. The average Bonchev–Trinajstić information content (AvgIpc) is 2.83. The fraction of sp³-hybridized carbons (Fsp3) is 0.556. The fourth-order valence-electron chi connectivity index (χ4n) is 5.14. The molecule has 33 heavy (non-hydrogen) atoms. The maximum Gasteiger partial charge on any atom is 0.416 e. The number of halogens is 3. The standard InChI is InChI=1S/C27H35F3N2O/c1-31-15-17-32(18-16-31)19-26(22-5-3-2-4-6-22)23-9-13-25(14-10-23)33-20-21-7-11-24(12-8-21)27(28,29)30/h7-14,22,26H,2-6,15-20H2,1H3. The van der Waals surface area contributed by atoms with Crippen molar-refractivity contribution in [2.75, 3.05) is 39.8 Å². The van der Waals surface area contributed by atoms with Crippen LogP contribution in [0.15, 0.2) is 48.5 Å². The molecule has 0 radical (unpaired) electrons. The van der Waals surface area contributed by atoms with Gasteiger partial charge in [-0.3, -0.25) is 0 Å². The summed E-state index contributed by atoms with van der Waals surface area (Å²) in [6.45, 7) is 5.90. The van der Waals surface area contributed by atoms with E-state index >= 15 is 0 Å². The molecule has 0 amide bonds. The van der Waals surface area contributed by atoms with Crippen molar-refractivity contribution in [2.24, 2.45) is 5.92 Å². The van der Waals surface area contributed by atoms with Gasteiger partial charge in [-0.2, -0.15) is 13.2 Å². The molecular formula is C27H35F3N2O. The third-order valence-electron chi connectivity index (χ3n) is 7.26. The molecule has 180 valence electrons. The zero-order valence-electron chi connectivity index (χ0n) is 19.5. The first kappa shape index (κ1) is 24.1. The van der Waals surface area contributed by atoms with E-state index in [-0.39, 0.29) is 6.61 Å². The van der Waals surface area contributed by atoms with Gasteiger partial charge in [0.15, 0.2) is 0 Å². The Kier molecular flexibility index (Phi) is 7.97. The molecule has 1 heterocycles. The van der Waals surface area contributed by atoms with E-state index in [0.29, 0.717) is 5.92 Å². The number of hydrogen-bond acceptors (Lipinski definition) is 3. The second-order valence-electron chi connectivity index (χ2n) is 9.66. The molecule has 1 atom stereocenters. The Hall–Kier alpha value is -2.05. The van der Waals surface area contributed by atoms with E-state index in [4.69, 9.17) is 4.74 Å². The molecule has 0 aromatic heterocycles. The van der Waals surface area contributed by atoms with Crippen LogP contribution in [0.5, 0.6) is 5.75 Å². The summed E-state index contributed by atoms with van der Waals surface area (Å²) in [4.78, 5) is 5.02. The molecule has 0 N–H and O–H groups in total. The van der Waals surface area contributed by atoms with Crippen molar-refractivity contribution in [1.82, 2.24) is 9.80 Å². The van der Waals surface area contributed by atoms with Gasteiger partial charge in [-0.05, 0) is 67.1 Å². The van der Waals surface area contributed by atoms with Crippen LogP contribution in [0.2, 0.25) is 0 Å². The number of alkyl halides is 3. The van der Waals surface area contributed by atoms with Gasteiger partial charge in [0.2, 0.25) is 0 Å². The highest BCUT2D eigenvalue weighted by molar-refractivity contribution is 5.31. The van der Waals surface area contributed by atoms with Crippen LogP contribution in [0.3, 0.4) is 0 Å². The van der Waals surface area contributed by atoms with E-state index in [9.17, 15) is 13.2 Å². The monoisotopic (exact) mass is 460 g/mol. The fourth-order valence-corrected chi connectivity index (χ4v) is 5.14. The molecule has 1 aliphatic heterocycles. The van der Waals surface area contributed by atoms with E-state index in [1.165, 1.54) is 49.8 Å². The van der Waals surface area contributed by atoms with Gasteiger partial charge < -0.3 is 14.5 Å². The first-order chi connectivity index (χ1) is 15.9. The molecule has 4 rings (SSSR count). The zero-order valence-corrected chi connectivity index (χ0v) is 19.5. The largest absolute Gasteiger partial charge is 0.489 e. The predicted molar refractivity (Wildman–Crippen MR) is 125 cm³/mol. The first-order valence-electron chi connectivity index (χ1n) is 12.2. The van der Waals surface area contributed by atoms with Gasteiger partial charge in [0.1, 0.15) is 12.4 Å². The summed E-state index contributed by atoms with van der Waals surface area (Å²) in [7, 11) is 2.19. The summed E-state index contributed by atoms with van der Waals surface area (Å²) in [5.74, 6) is 2.02. The van der Waals surface area contributed by atoms with Gasteiger partial charge in [-0.15, -0.1) is 0 Å². The van der Waals surface area contributed by atoms with E-state index in [0.717, 1.165) is 62.1 Å². The van der Waals surface area contributed by atoms with Gasteiger partial charge in [-0.1, -0.05) is 43.5 Å². The Morgan fingerprint density at radius 3 is 2.12 bits per heavy atom. The highest BCUT2D eigenvalue weighted by Crippen LogP contribution is 2.37. The van der Waals surface area contributed by atoms with E-state index in [2.05, 4.69) is 29.0 Å². The summed E-state index contributed by atoms with van der Waals surface area (Å²) in [5.41, 5.74) is 1.47. The second kappa shape index (κ2) is 10.9. The predicted octanol–water partition coefficient (Wildman–Crippen LogP) is 6.20. The van der Waals surface area contributed by atoms with E-state index in [1.807, 2.05) is 12.1 Å². The molecule has 2 aromatic carbocycles. The van der Waals surface area contributed by atoms with Gasteiger partial charge in [0.05, 0.1) is 5.56 Å². The number of ether oxygens (including phenoxy) is 1. The summed E-state index contributed by atoms with van der Waals surface area (Å²) in [6.07, 6.45) is 2.33. The SMILES string of the molecule is CN1CCN(CC(c2ccc(OCc3ccc(C(F)(F)F)cc3)cc2)C2CCCCC2)CC1. The Morgan fingerprint density at radius 1 is 0.879 bits per heavy atom. The molecule has 2 aliphatic rings. The molecule has 1 unspecified atom stereocenters. The molecule has 6 heteroatoms. The number of rotatable bonds is 7. The number of likely N-dealkylation sites (N-methyl/N-ethyl adjacent to an activating group) is 1. The summed E-state index contributed by atoms with van der Waals surface area (Å²) in [5, 5.41) is 0. The minimum absolute atomic E-state index is 0.255. The maximum atomic E-state index is 12.7. The Morgan fingerprint density at radius 2 is 1.52 bits per heavy atom. The summed E-state index contributed by atoms with van der Waals surface area (Å²) in [6, 6.07) is 13.6. The van der Waals surface area contributed by atoms with Crippen LogP contribution in [0.25, 0.3) is 0 Å². The van der Waals surface area contributed by atoms with Crippen LogP contribution >= 0.6 is 0 Å². The smallest absolute Gasteiger partial charge is 0.416 e. The lowest BCUT2D eigenvalue weighted by atomic mass is 9.76. The van der Waals surface area contributed by atoms with Crippen molar-refractivity contribution in [3.8, 4) is 5.75 Å². The van der Waals surface area contributed by atoms with Crippen LogP contribution in [-0.4, -0.2) is 49.6 Å². The zero-order chi connectivity index (χ0) is 23.3. The molecule has 2 aromatic rings. The van der Waals surface area contributed by atoms with Gasteiger partial charge in [0, 0.05) is 32.7 Å². The van der Waals surface area contributed by atoms with Gasteiger partial charge >= 0.3 is 6.18 Å². The van der Waals surface area contributed by atoms with Crippen molar-refractivity contribution in [1.29, 1.82) is 0 Å². The van der Waals surface area contributed by atoms with E-state index < -0.39 is 11.7 Å². The normalized spacial score (nSPS) is 20.0. The highest BCUT2D eigenvalue weighted by Gasteiger charge is 2.30. The van der Waals surface area contributed by atoms with Crippen LogP contribution < -0.4 is 4.74 Å². The first-order valence-corrected chi connectivity index (χ1v) is 12.2. The van der Waals surface area contributed by atoms with Crippen LogP contribution in [-0.2, 0) is 12.8 Å². The molecule has 1 saturated heterocycles. The van der Waals surface area contributed by atoms with Gasteiger partial charge in [-0.25, -0.2) is 0 Å². The number of piperazine rings is 1. The van der Waals surface area contributed by atoms with Crippen LogP contribution in [0, 0.1) is 5.92 Å². The minimum Gasteiger partial charge on any atom is -0.489 e. The van der Waals surface area contributed by atoms with E-state index in [1.54, 1.807) is 0 Å². The molecule has 3 nitrogen and oxygen atoms in total. The third kappa shape index (κ3) is 6.73. The minimum atomic E-state index is -4.31. The number of nitrogens with zero attached hydrogens (tertiary/aromatic N) is 2. The highest BCUT2D eigenvalue weighted by atomic mass is 19.4. The van der Waals surface area contributed by atoms with Crippen LogP contribution in [0.1, 0.15) is 54.7 Å². The van der Waals surface area contributed by atoms with Gasteiger partial charge in [0.25, 0.3) is 0 Å². The number of benzene rings is 2. The quantitative estimate of drug-likeness (QED) is 0.490. The van der Waals surface area contributed by atoms with Crippen molar-refractivity contribution < 1.29 is 17.9 Å². The average molecular weight is 461 g/mol. The van der Waals surface area contributed by atoms with Crippen molar-refractivity contribution in [3.05, 3.63) is 65.2 Å². The lowest BCUT2D eigenvalue weighted by Gasteiger charge is -2.38. The summed E-state index contributed by atoms with van der Waals surface area (Å²) >= 11 is 0. The molecule has 2 fully saturated rings. The second-order valence-corrected chi connectivity index (χ2v) is 9.66.